The Morgan fingerprint density at radius 1 is 1.30 bits per heavy atom. The molecule has 1 atom stereocenters. The summed E-state index contributed by atoms with van der Waals surface area (Å²) in [5, 5.41) is 13.0. The van der Waals surface area contributed by atoms with Gasteiger partial charge in [-0.1, -0.05) is 29.8 Å². The van der Waals surface area contributed by atoms with E-state index >= 15 is 0 Å². The average Bonchev–Trinajstić information content (AvgIpc) is 3.04. The van der Waals surface area contributed by atoms with Crippen LogP contribution in [0.3, 0.4) is 0 Å². The summed E-state index contributed by atoms with van der Waals surface area (Å²) in [4.78, 5) is 20.3. The lowest BCUT2D eigenvalue weighted by Gasteiger charge is -2.35. The van der Waals surface area contributed by atoms with E-state index in [9.17, 15) is 9.90 Å². The van der Waals surface area contributed by atoms with Crippen molar-refractivity contribution in [1.82, 2.24) is 9.88 Å². The first-order valence-electron chi connectivity index (χ1n) is 7.48. The van der Waals surface area contributed by atoms with Gasteiger partial charge in [0.25, 0.3) is 5.91 Å². The molecule has 1 aliphatic rings. The van der Waals surface area contributed by atoms with Crippen molar-refractivity contribution in [2.75, 3.05) is 31.1 Å². The van der Waals surface area contributed by atoms with Crippen molar-refractivity contribution in [2.45, 2.75) is 13.0 Å². The Labute approximate surface area is 144 Å². The molecule has 23 heavy (non-hydrogen) atoms. The summed E-state index contributed by atoms with van der Waals surface area (Å²) in [6.45, 7) is 4.14. The number of thiazole rings is 1. The minimum Gasteiger partial charge on any atom is -0.384 e. The third-order valence-electron chi connectivity index (χ3n) is 3.86. The molecule has 7 heteroatoms. The molecule has 0 spiro atoms. The number of hydrogen-bond donors (Lipinski definition) is 1. The highest BCUT2D eigenvalue weighted by Crippen LogP contribution is 2.32. The number of aromatic nitrogens is 1. The molecule has 0 aliphatic carbocycles. The highest BCUT2D eigenvalue weighted by Gasteiger charge is 2.25. The predicted octanol–water partition coefficient (Wildman–Crippen LogP) is 2.49. The fourth-order valence-corrected chi connectivity index (χ4v) is 3.70. The Morgan fingerprint density at radius 3 is 2.65 bits per heavy atom. The van der Waals surface area contributed by atoms with Gasteiger partial charge in [0.1, 0.15) is 6.10 Å². The molecule has 122 valence electrons. The van der Waals surface area contributed by atoms with Crippen LogP contribution < -0.4 is 4.90 Å². The van der Waals surface area contributed by atoms with E-state index in [2.05, 4.69) is 9.88 Å². The first-order chi connectivity index (χ1) is 11.1. The van der Waals surface area contributed by atoms with Crippen molar-refractivity contribution in [2.24, 2.45) is 0 Å². The quantitative estimate of drug-likeness (QED) is 0.923. The monoisotopic (exact) mass is 351 g/mol. The zero-order valence-electron chi connectivity index (χ0n) is 12.8. The summed E-state index contributed by atoms with van der Waals surface area (Å²) in [5.41, 5.74) is 1.80. The molecular weight excluding hydrogens is 334 g/mol. The predicted molar refractivity (Wildman–Crippen MR) is 93.0 cm³/mol. The lowest BCUT2D eigenvalue weighted by molar-refractivity contribution is -0.139. The van der Waals surface area contributed by atoms with Crippen molar-refractivity contribution in [3.63, 3.8) is 0 Å². The number of aliphatic hydroxyl groups excluding tert-OH is 1. The summed E-state index contributed by atoms with van der Waals surface area (Å²) >= 11 is 7.80. The third kappa shape index (κ3) is 3.49. The maximum absolute atomic E-state index is 11.8. The van der Waals surface area contributed by atoms with Crippen molar-refractivity contribution in [1.29, 1.82) is 0 Å². The minimum absolute atomic E-state index is 0.208. The summed E-state index contributed by atoms with van der Waals surface area (Å²) < 4.78 is 0. The molecule has 0 radical (unpaired) electrons. The molecule has 2 heterocycles. The van der Waals surface area contributed by atoms with Gasteiger partial charge in [-0.15, -0.1) is 11.3 Å². The van der Waals surface area contributed by atoms with Gasteiger partial charge in [0, 0.05) is 42.1 Å². The smallest absolute Gasteiger partial charge is 0.251 e. The largest absolute Gasteiger partial charge is 0.384 e. The van der Waals surface area contributed by atoms with Crippen molar-refractivity contribution >= 4 is 34.0 Å². The Balaban J connectivity index is 1.68. The zero-order chi connectivity index (χ0) is 16.4. The van der Waals surface area contributed by atoms with Gasteiger partial charge < -0.3 is 14.9 Å². The van der Waals surface area contributed by atoms with E-state index in [1.165, 1.54) is 6.92 Å². The van der Waals surface area contributed by atoms with Crippen LogP contribution >= 0.6 is 22.9 Å². The summed E-state index contributed by atoms with van der Waals surface area (Å²) in [5.74, 6) is -0.208. The van der Waals surface area contributed by atoms with Gasteiger partial charge in [-0.2, -0.15) is 0 Å². The highest BCUT2D eigenvalue weighted by molar-refractivity contribution is 7.14. The van der Waals surface area contributed by atoms with Gasteiger partial charge in [0.05, 0.1) is 5.69 Å². The van der Waals surface area contributed by atoms with Gasteiger partial charge in [-0.25, -0.2) is 4.98 Å². The van der Waals surface area contributed by atoms with Crippen molar-refractivity contribution in [3.05, 3.63) is 34.7 Å². The van der Waals surface area contributed by atoms with Crippen LogP contribution in [0.5, 0.6) is 0 Å². The third-order valence-corrected chi connectivity index (χ3v) is 5.09. The Bertz CT molecular complexity index is 696. The highest BCUT2D eigenvalue weighted by atomic mass is 35.5. The number of carbonyl (C=O) groups is 1. The molecule has 2 aromatic rings. The van der Waals surface area contributed by atoms with Crippen LogP contribution in [0.15, 0.2) is 29.6 Å². The number of aliphatic hydroxyl groups is 1. The SMILES string of the molecule is CC(O)C(=O)N1CCN(c2nc(-c3ccccc3Cl)cs2)CC1. The van der Waals surface area contributed by atoms with Crippen LogP contribution in [-0.4, -0.2) is 53.2 Å². The van der Waals surface area contributed by atoms with Crippen LogP contribution in [0.2, 0.25) is 5.02 Å². The molecule has 1 fully saturated rings. The van der Waals surface area contributed by atoms with Gasteiger partial charge >= 0.3 is 0 Å². The first-order valence-corrected chi connectivity index (χ1v) is 8.74. The van der Waals surface area contributed by atoms with Gasteiger partial charge in [0.2, 0.25) is 0 Å². The molecule has 1 aromatic carbocycles. The Kier molecular flexibility index (Phi) is 4.84. The number of amides is 1. The van der Waals surface area contributed by atoms with E-state index < -0.39 is 6.10 Å². The Morgan fingerprint density at radius 2 is 2.00 bits per heavy atom. The maximum atomic E-state index is 11.8. The number of rotatable bonds is 3. The van der Waals surface area contributed by atoms with Crippen LogP contribution in [0.4, 0.5) is 5.13 Å². The lowest BCUT2D eigenvalue weighted by atomic mass is 10.2. The van der Waals surface area contributed by atoms with Gasteiger partial charge in [-0.3, -0.25) is 4.79 Å². The molecular formula is C16H18ClN3O2S. The number of carbonyl (C=O) groups excluding carboxylic acids is 1. The van der Waals surface area contributed by atoms with Crippen molar-refractivity contribution < 1.29 is 9.90 Å². The number of anilines is 1. The number of hydrogen-bond acceptors (Lipinski definition) is 5. The summed E-state index contributed by atoms with van der Waals surface area (Å²) in [6, 6.07) is 7.66. The van der Waals surface area contributed by atoms with Crippen LogP contribution in [-0.2, 0) is 4.79 Å². The fourth-order valence-electron chi connectivity index (χ4n) is 2.58. The molecule has 1 saturated heterocycles. The average molecular weight is 352 g/mol. The summed E-state index contributed by atoms with van der Waals surface area (Å²) in [6.07, 6.45) is -0.937. The Hall–Kier alpha value is -1.63. The minimum atomic E-state index is -0.937. The second-order valence-corrected chi connectivity index (χ2v) is 6.73. The first kappa shape index (κ1) is 16.2. The standard InChI is InChI=1S/C16H18ClN3O2S/c1-11(21)15(22)19-6-8-20(9-7-19)16-18-14(10-23-16)12-4-2-3-5-13(12)17/h2-5,10-11,21H,6-9H2,1H3. The number of halogens is 1. The van der Waals surface area contributed by atoms with Crippen molar-refractivity contribution in [3.8, 4) is 11.3 Å². The van der Waals surface area contributed by atoms with E-state index in [1.807, 2.05) is 29.6 Å². The molecule has 1 unspecified atom stereocenters. The summed E-state index contributed by atoms with van der Waals surface area (Å²) in [7, 11) is 0. The molecule has 5 nitrogen and oxygen atoms in total. The van der Waals surface area contributed by atoms with Gasteiger partial charge in [-0.05, 0) is 13.0 Å². The van der Waals surface area contributed by atoms with E-state index in [1.54, 1.807) is 16.2 Å². The second kappa shape index (κ2) is 6.86. The van der Waals surface area contributed by atoms with Crippen LogP contribution in [0, 0.1) is 0 Å². The van der Waals surface area contributed by atoms with E-state index in [-0.39, 0.29) is 5.91 Å². The van der Waals surface area contributed by atoms with Crippen LogP contribution in [0.1, 0.15) is 6.92 Å². The normalized spacial score (nSPS) is 16.5. The molecule has 1 N–H and O–H groups in total. The van der Waals surface area contributed by atoms with Crippen LogP contribution in [0.25, 0.3) is 11.3 Å². The van der Waals surface area contributed by atoms with Gasteiger partial charge in [0.15, 0.2) is 5.13 Å². The maximum Gasteiger partial charge on any atom is 0.251 e. The topological polar surface area (TPSA) is 56.7 Å². The molecule has 3 rings (SSSR count). The van der Waals surface area contributed by atoms with E-state index in [0.717, 1.165) is 16.4 Å². The molecule has 1 aromatic heterocycles. The van der Waals surface area contributed by atoms with E-state index in [4.69, 9.17) is 11.6 Å². The molecule has 1 amide bonds. The van der Waals surface area contributed by atoms with E-state index in [0.29, 0.717) is 31.2 Å². The number of piperazine rings is 1. The zero-order valence-corrected chi connectivity index (χ0v) is 14.3. The number of benzene rings is 1. The second-order valence-electron chi connectivity index (χ2n) is 5.48. The number of nitrogens with zero attached hydrogens (tertiary/aromatic N) is 3. The fraction of sp³-hybridized carbons (Fsp3) is 0.375. The lowest BCUT2D eigenvalue weighted by Crippen LogP contribution is -2.51. The molecule has 1 aliphatic heterocycles. The molecule has 0 bridgehead atoms. The molecule has 0 saturated carbocycles.